The monoisotopic (exact) mass is 354 g/mol. The molecule has 2 amide bonds. The van der Waals surface area contributed by atoms with Crippen molar-refractivity contribution in [3.8, 4) is 5.75 Å². The van der Waals surface area contributed by atoms with Crippen LogP contribution in [-0.4, -0.2) is 30.0 Å². The van der Waals surface area contributed by atoms with E-state index in [-0.39, 0.29) is 24.1 Å². The highest BCUT2D eigenvalue weighted by atomic mass is 16.3. The third kappa shape index (κ3) is 6.24. The summed E-state index contributed by atoms with van der Waals surface area (Å²) in [6.07, 6.45) is 0.901. The zero-order valence-corrected chi connectivity index (χ0v) is 15.2. The number of hydrogen-bond acceptors (Lipinski definition) is 3. The summed E-state index contributed by atoms with van der Waals surface area (Å²) < 4.78 is 0. The van der Waals surface area contributed by atoms with Gasteiger partial charge in [-0.25, -0.2) is 0 Å². The molecule has 0 heterocycles. The van der Waals surface area contributed by atoms with Crippen molar-refractivity contribution in [3.63, 3.8) is 0 Å². The Hall–Kier alpha value is -2.82. The van der Waals surface area contributed by atoms with E-state index in [0.29, 0.717) is 23.9 Å². The molecule has 0 fully saturated rings. The number of nitrogens with one attached hydrogen (secondary N) is 2. The van der Waals surface area contributed by atoms with Gasteiger partial charge in [-0.3, -0.25) is 9.59 Å². The third-order valence-electron chi connectivity index (χ3n) is 4.38. The van der Waals surface area contributed by atoms with Gasteiger partial charge in [-0.1, -0.05) is 44.2 Å². The van der Waals surface area contributed by atoms with Crippen LogP contribution in [0.2, 0.25) is 0 Å². The average molecular weight is 354 g/mol. The first-order valence-corrected chi connectivity index (χ1v) is 8.83. The van der Waals surface area contributed by atoms with Crippen molar-refractivity contribution in [3.05, 3.63) is 65.7 Å². The molecule has 0 saturated heterocycles. The second-order valence-electron chi connectivity index (χ2n) is 6.73. The van der Waals surface area contributed by atoms with E-state index in [9.17, 15) is 14.7 Å². The minimum absolute atomic E-state index is 0.0735. The van der Waals surface area contributed by atoms with Gasteiger partial charge in [-0.05, 0) is 48.1 Å². The molecule has 0 aliphatic rings. The maximum atomic E-state index is 12.0. The highest BCUT2D eigenvalue weighted by molar-refractivity contribution is 5.96. The minimum atomic E-state index is -0.343. The lowest BCUT2D eigenvalue weighted by Gasteiger charge is -2.21. The average Bonchev–Trinajstić information content (AvgIpc) is 2.64. The summed E-state index contributed by atoms with van der Waals surface area (Å²) in [7, 11) is 0. The van der Waals surface area contributed by atoms with Gasteiger partial charge in [0.1, 0.15) is 5.75 Å². The maximum Gasteiger partial charge on any atom is 0.251 e. The van der Waals surface area contributed by atoms with E-state index in [1.807, 2.05) is 18.2 Å². The Morgan fingerprint density at radius 3 is 2.23 bits per heavy atom. The lowest BCUT2D eigenvalue weighted by atomic mass is 9.89. The fraction of sp³-hybridized carbons (Fsp3) is 0.333. The van der Waals surface area contributed by atoms with Crippen LogP contribution in [0, 0.1) is 11.8 Å². The first kappa shape index (κ1) is 19.5. The molecule has 0 spiro atoms. The van der Waals surface area contributed by atoms with Crippen LogP contribution < -0.4 is 10.6 Å². The number of carbonyl (C=O) groups is 2. The molecule has 2 aromatic rings. The Morgan fingerprint density at radius 1 is 0.962 bits per heavy atom. The van der Waals surface area contributed by atoms with E-state index < -0.39 is 0 Å². The highest BCUT2D eigenvalue weighted by Crippen LogP contribution is 2.16. The Morgan fingerprint density at radius 2 is 1.62 bits per heavy atom. The quantitative estimate of drug-likeness (QED) is 0.682. The number of carbonyl (C=O) groups excluding carboxylic acids is 2. The van der Waals surface area contributed by atoms with Crippen LogP contribution in [0.3, 0.4) is 0 Å². The SMILES string of the molecule is CC(C)C(CNC(=O)CNC(=O)c1ccc(O)cc1)Cc1ccccc1. The number of rotatable bonds is 8. The van der Waals surface area contributed by atoms with Crippen LogP contribution in [0.4, 0.5) is 0 Å². The molecule has 0 aliphatic carbocycles. The topological polar surface area (TPSA) is 78.4 Å². The largest absolute Gasteiger partial charge is 0.508 e. The molecule has 5 heteroatoms. The van der Waals surface area contributed by atoms with Crippen LogP contribution in [-0.2, 0) is 11.2 Å². The summed E-state index contributed by atoms with van der Waals surface area (Å²) in [5.41, 5.74) is 1.65. The molecule has 1 atom stereocenters. The Labute approximate surface area is 154 Å². The van der Waals surface area contributed by atoms with E-state index in [4.69, 9.17) is 0 Å². The molecule has 0 aliphatic heterocycles. The smallest absolute Gasteiger partial charge is 0.251 e. The first-order chi connectivity index (χ1) is 12.5. The zero-order valence-electron chi connectivity index (χ0n) is 15.2. The molecular weight excluding hydrogens is 328 g/mol. The minimum Gasteiger partial charge on any atom is -0.508 e. The Kier molecular flexibility index (Phi) is 7.21. The molecule has 2 aromatic carbocycles. The van der Waals surface area contributed by atoms with Gasteiger partial charge in [0.2, 0.25) is 5.91 Å². The summed E-state index contributed by atoms with van der Waals surface area (Å²) in [5, 5.41) is 14.7. The summed E-state index contributed by atoms with van der Waals surface area (Å²) in [6, 6.07) is 16.1. The van der Waals surface area contributed by atoms with Crippen molar-refractivity contribution < 1.29 is 14.7 Å². The van der Waals surface area contributed by atoms with Crippen molar-refractivity contribution in [2.45, 2.75) is 20.3 Å². The van der Waals surface area contributed by atoms with E-state index in [2.05, 4.69) is 36.6 Å². The molecular formula is C21H26N2O3. The van der Waals surface area contributed by atoms with Gasteiger partial charge in [0.15, 0.2) is 0 Å². The van der Waals surface area contributed by atoms with Crippen molar-refractivity contribution in [2.75, 3.05) is 13.1 Å². The van der Waals surface area contributed by atoms with E-state index in [1.54, 1.807) is 0 Å². The molecule has 5 nitrogen and oxygen atoms in total. The Bertz CT molecular complexity index is 712. The third-order valence-corrected chi connectivity index (χ3v) is 4.38. The van der Waals surface area contributed by atoms with Crippen molar-refractivity contribution in [2.24, 2.45) is 11.8 Å². The molecule has 0 saturated carbocycles. The molecule has 138 valence electrons. The van der Waals surface area contributed by atoms with E-state index >= 15 is 0 Å². The second-order valence-corrected chi connectivity index (χ2v) is 6.73. The van der Waals surface area contributed by atoms with Crippen molar-refractivity contribution >= 4 is 11.8 Å². The van der Waals surface area contributed by atoms with Crippen LogP contribution in [0.25, 0.3) is 0 Å². The number of amides is 2. The molecule has 1 unspecified atom stereocenters. The number of phenolic OH excluding ortho intramolecular Hbond substituents is 1. The van der Waals surface area contributed by atoms with Gasteiger partial charge in [-0.15, -0.1) is 0 Å². The zero-order chi connectivity index (χ0) is 18.9. The lowest BCUT2D eigenvalue weighted by molar-refractivity contribution is -0.120. The van der Waals surface area contributed by atoms with Gasteiger partial charge >= 0.3 is 0 Å². The standard InChI is InChI=1S/C21H26N2O3/c1-15(2)18(12-16-6-4-3-5-7-16)13-22-20(25)14-23-21(26)17-8-10-19(24)11-9-17/h3-11,15,18,24H,12-14H2,1-2H3,(H,22,25)(H,23,26). The maximum absolute atomic E-state index is 12.0. The van der Waals surface area contributed by atoms with Crippen LogP contribution >= 0.6 is 0 Å². The molecule has 3 N–H and O–H groups in total. The molecule has 26 heavy (non-hydrogen) atoms. The normalized spacial score (nSPS) is 11.8. The van der Waals surface area contributed by atoms with Gasteiger partial charge in [-0.2, -0.15) is 0 Å². The molecule has 2 rings (SSSR count). The number of aromatic hydroxyl groups is 1. The lowest BCUT2D eigenvalue weighted by Crippen LogP contribution is -2.40. The van der Waals surface area contributed by atoms with Crippen molar-refractivity contribution in [1.29, 1.82) is 0 Å². The van der Waals surface area contributed by atoms with Gasteiger partial charge in [0.05, 0.1) is 6.54 Å². The van der Waals surface area contributed by atoms with Crippen LogP contribution in [0.1, 0.15) is 29.8 Å². The summed E-state index contributed by atoms with van der Waals surface area (Å²) in [6.45, 7) is 4.79. The molecule has 0 radical (unpaired) electrons. The van der Waals surface area contributed by atoms with E-state index in [0.717, 1.165) is 6.42 Å². The number of phenols is 1. The first-order valence-electron chi connectivity index (χ1n) is 8.83. The highest BCUT2D eigenvalue weighted by Gasteiger charge is 2.16. The van der Waals surface area contributed by atoms with Gasteiger partial charge in [0.25, 0.3) is 5.91 Å². The van der Waals surface area contributed by atoms with Gasteiger partial charge in [0, 0.05) is 12.1 Å². The number of hydrogen-bond donors (Lipinski definition) is 3. The second kappa shape index (κ2) is 9.61. The van der Waals surface area contributed by atoms with Crippen LogP contribution in [0.5, 0.6) is 5.75 Å². The van der Waals surface area contributed by atoms with Crippen LogP contribution in [0.15, 0.2) is 54.6 Å². The fourth-order valence-electron chi connectivity index (χ4n) is 2.64. The van der Waals surface area contributed by atoms with Crippen molar-refractivity contribution in [1.82, 2.24) is 10.6 Å². The van der Waals surface area contributed by atoms with Gasteiger partial charge < -0.3 is 15.7 Å². The Balaban J connectivity index is 1.78. The fourth-order valence-corrected chi connectivity index (χ4v) is 2.64. The molecule has 0 aromatic heterocycles. The predicted octanol–water partition coefficient (Wildman–Crippen LogP) is 2.75. The van der Waals surface area contributed by atoms with E-state index in [1.165, 1.54) is 29.8 Å². The molecule has 0 bridgehead atoms. The summed E-state index contributed by atoms with van der Waals surface area (Å²) in [4.78, 5) is 24.0. The predicted molar refractivity (Wildman–Crippen MR) is 102 cm³/mol. The number of benzene rings is 2. The summed E-state index contributed by atoms with van der Waals surface area (Å²) in [5.74, 6) is 0.300. The summed E-state index contributed by atoms with van der Waals surface area (Å²) >= 11 is 0.